The Kier molecular flexibility index (Phi) is 3.36. The molecule has 0 saturated carbocycles. The molecule has 17 heavy (non-hydrogen) atoms. The zero-order valence-electron chi connectivity index (χ0n) is 10.4. The number of rotatable bonds is 4. The molecule has 0 aliphatic carbocycles. The number of hydrogen-bond acceptors (Lipinski definition) is 2. The van der Waals surface area contributed by atoms with Gasteiger partial charge in [0, 0.05) is 31.1 Å². The van der Waals surface area contributed by atoms with Crippen molar-refractivity contribution in [3.05, 3.63) is 29.8 Å². The number of anilines is 1. The molecule has 1 N–H and O–H groups in total. The van der Waals surface area contributed by atoms with Crippen LogP contribution in [-0.4, -0.2) is 24.2 Å². The number of nitrogens with zero attached hydrogens (tertiary/aromatic N) is 1. The highest BCUT2D eigenvalue weighted by atomic mass is 16.4. The van der Waals surface area contributed by atoms with Crippen molar-refractivity contribution >= 4 is 11.7 Å². The van der Waals surface area contributed by atoms with E-state index in [2.05, 4.69) is 24.0 Å². The number of para-hydroxylation sites is 1. The lowest BCUT2D eigenvalue weighted by molar-refractivity contribution is -0.138. The van der Waals surface area contributed by atoms with Gasteiger partial charge in [0.05, 0.1) is 0 Å². The number of aliphatic carboxylic acids is 1. The largest absolute Gasteiger partial charge is 0.481 e. The molecule has 0 saturated heterocycles. The topological polar surface area (TPSA) is 40.5 Å². The Hall–Kier alpha value is -1.51. The molecule has 1 aliphatic heterocycles. The summed E-state index contributed by atoms with van der Waals surface area (Å²) in [5.41, 5.74) is 2.58. The predicted octanol–water partition coefficient (Wildman–Crippen LogP) is 2.72. The quantitative estimate of drug-likeness (QED) is 0.869. The van der Waals surface area contributed by atoms with E-state index >= 15 is 0 Å². The first kappa shape index (κ1) is 12.0. The van der Waals surface area contributed by atoms with E-state index in [0.717, 1.165) is 13.1 Å². The summed E-state index contributed by atoms with van der Waals surface area (Å²) < 4.78 is 0. The van der Waals surface area contributed by atoms with Crippen molar-refractivity contribution in [3.63, 3.8) is 0 Å². The molecule has 0 fully saturated rings. The van der Waals surface area contributed by atoms with Crippen molar-refractivity contribution in [1.82, 2.24) is 0 Å². The smallest absolute Gasteiger partial charge is 0.303 e. The molecule has 0 aromatic heterocycles. The number of benzene rings is 1. The van der Waals surface area contributed by atoms with E-state index in [-0.39, 0.29) is 12.3 Å². The Balaban J connectivity index is 2.24. The Morgan fingerprint density at radius 2 is 2.24 bits per heavy atom. The minimum absolute atomic E-state index is 0.185. The third kappa shape index (κ3) is 2.28. The van der Waals surface area contributed by atoms with Crippen molar-refractivity contribution in [2.75, 3.05) is 18.0 Å². The van der Waals surface area contributed by atoms with E-state index in [1.807, 2.05) is 19.1 Å². The Labute approximate surface area is 102 Å². The number of carbonyl (C=O) groups is 1. The molecule has 2 atom stereocenters. The van der Waals surface area contributed by atoms with E-state index < -0.39 is 5.97 Å². The summed E-state index contributed by atoms with van der Waals surface area (Å²) in [5.74, 6) is -0.169. The monoisotopic (exact) mass is 233 g/mol. The highest BCUT2D eigenvalue weighted by Gasteiger charge is 2.31. The number of fused-ring (bicyclic) bond motifs is 1. The van der Waals surface area contributed by atoms with E-state index in [1.165, 1.54) is 11.3 Å². The molecule has 3 nitrogen and oxygen atoms in total. The van der Waals surface area contributed by atoms with Crippen molar-refractivity contribution in [1.29, 1.82) is 0 Å². The maximum atomic E-state index is 10.8. The summed E-state index contributed by atoms with van der Waals surface area (Å²) in [6, 6.07) is 8.35. The molecule has 0 radical (unpaired) electrons. The van der Waals surface area contributed by atoms with Crippen molar-refractivity contribution in [2.45, 2.75) is 26.2 Å². The van der Waals surface area contributed by atoms with E-state index in [4.69, 9.17) is 5.11 Å². The van der Waals surface area contributed by atoms with Crippen molar-refractivity contribution in [3.8, 4) is 0 Å². The third-order valence-electron chi connectivity index (χ3n) is 3.66. The molecule has 1 aliphatic rings. The maximum absolute atomic E-state index is 10.8. The van der Waals surface area contributed by atoms with Crippen LogP contribution in [0.25, 0.3) is 0 Å². The lowest BCUT2D eigenvalue weighted by Crippen LogP contribution is -2.24. The summed E-state index contributed by atoms with van der Waals surface area (Å²) in [7, 11) is 0. The zero-order chi connectivity index (χ0) is 12.4. The van der Waals surface area contributed by atoms with Crippen LogP contribution in [0.15, 0.2) is 24.3 Å². The molecular formula is C14H19NO2. The van der Waals surface area contributed by atoms with Gasteiger partial charge in [-0.3, -0.25) is 4.79 Å². The van der Waals surface area contributed by atoms with E-state index in [0.29, 0.717) is 5.92 Å². The second kappa shape index (κ2) is 4.78. The van der Waals surface area contributed by atoms with Crippen molar-refractivity contribution in [2.24, 2.45) is 5.92 Å². The minimum Gasteiger partial charge on any atom is -0.481 e. The molecule has 1 aromatic rings. The summed E-state index contributed by atoms with van der Waals surface area (Å²) in [4.78, 5) is 13.1. The van der Waals surface area contributed by atoms with Crippen LogP contribution < -0.4 is 4.90 Å². The third-order valence-corrected chi connectivity index (χ3v) is 3.66. The number of carboxylic acids is 1. The van der Waals surface area contributed by atoms with E-state index in [9.17, 15) is 4.79 Å². The van der Waals surface area contributed by atoms with Gasteiger partial charge in [0.25, 0.3) is 0 Å². The molecule has 0 amide bonds. The average molecular weight is 233 g/mol. The summed E-state index contributed by atoms with van der Waals surface area (Å²) in [6.45, 7) is 6.10. The summed E-state index contributed by atoms with van der Waals surface area (Å²) in [6.07, 6.45) is 0.247. The van der Waals surface area contributed by atoms with Gasteiger partial charge in [-0.05, 0) is 24.5 Å². The van der Waals surface area contributed by atoms with Gasteiger partial charge in [0.15, 0.2) is 0 Å². The SMILES string of the molecule is CCN1CC(C(C)CC(=O)O)c2ccccc21. The average Bonchev–Trinajstić information content (AvgIpc) is 2.67. The van der Waals surface area contributed by atoms with Gasteiger partial charge in [0.2, 0.25) is 0 Å². The van der Waals surface area contributed by atoms with Gasteiger partial charge in [-0.25, -0.2) is 0 Å². The fraction of sp³-hybridized carbons (Fsp3) is 0.500. The lowest BCUT2D eigenvalue weighted by Gasteiger charge is -2.20. The molecule has 2 unspecified atom stereocenters. The second-order valence-electron chi connectivity index (χ2n) is 4.78. The molecule has 0 bridgehead atoms. The van der Waals surface area contributed by atoms with Crippen molar-refractivity contribution < 1.29 is 9.90 Å². The number of carboxylic acid groups (broad SMARTS) is 1. The van der Waals surface area contributed by atoms with Crippen LogP contribution in [0.5, 0.6) is 0 Å². The second-order valence-corrected chi connectivity index (χ2v) is 4.78. The Morgan fingerprint density at radius 3 is 2.88 bits per heavy atom. The maximum Gasteiger partial charge on any atom is 0.303 e. The molecule has 1 aromatic carbocycles. The standard InChI is InChI=1S/C14H19NO2/c1-3-15-9-12(10(2)8-14(16)17)11-6-4-5-7-13(11)15/h4-7,10,12H,3,8-9H2,1-2H3,(H,16,17). The van der Waals surface area contributed by atoms with E-state index in [1.54, 1.807) is 0 Å². The summed E-state index contributed by atoms with van der Waals surface area (Å²) in [5, 5.41) is 8.90. The van der Waals surface area contributed by atoms with Crippen LogP contribution in [0, 0.1) is 5.92 Å². The molecule has 3 heteroatoms. The number of hydrogen-bond donors (Lipinski definition) is 1. The van der Waals surface area contributed by atoms with Crippen LogP contribution >= 0.6 is 0 Å². The first-order valence-corrected chi connectivity index (χ1v) is 6.19. The van der Waals surface area contributed by atoms with Gasteiger partial charge >= 0.3 is 5.97 Å². The molecule has 0 spiro atoms. The van der Waals surface area contributed by atoms with Crippen LogP contribution in [0.4, 0.5) is 5.69 Å². The highest BCUT2D eigenvalue weighted by Crippen LogP contribution is 2.40. The normalized spacial score (nSPS) is 20.1. The van der Waals surface area contributed by atoms with Gasteiger partial charge in [0.1, 0.15) is 0 Å². The molecule has 1 heterocycles. The first-order chi connectivity index (χ1) is 8.13. The van der Waals surface area contributed by atoms with Crippen LogP contribution in [0.3, 0.4) is 0 Å². The Bertz CT molecular complexity index is 416. The summed E-state index contributed by atoms with van der Waals surface area (Å²) >= 11 is 0. The molecule has 2 rings (SSSR count). The van der Waals surface area contributed by atoms with Crippen LogP contribution in [0.2, 0.25) is 0 Å². The fourth-order valence-electron chi connectivity index (χ4n) is 2.73. The molecule has 92 valence electrons. The highest BCUT2D eigenvalue weighted by molar-refractivity contribution is 5.68. The van der Waals surface area contributed by atoms with Gasteiger partial charge in [-0.2, -0.15) is 0 Å². The fourth-order valence-corrected chi connectivity index (χ4v) is 2.73. The van der Waals surface area contributed by atoms with Gasteiger partial charge < -0.3 is 10.0 Å². The number of likely N-dealkylation sites (N-methyl/N-ethyl adjacent to an activating group) is 1. The van der Waals surface area contributed by atoms with Crippen LogP contribution in [-0.2, 0) is 4.79 Å². The van der Waals surface area contributed by atoms with Gasteiger partial charge in [-0.15, -0.1) is 0 Å². The predicted molar refractivity (Wildman–Crippen MR) is 68.5 cm³/mol. The van der Waals surface area contributed by atoms with Gasteiger partial charge in [-0.1, -0.05) is 25.1 Å². The minimum atomic E-state index is -0.704. The lowest BCUT2D eigenvalue weighted by atomic mass is 9.87. The van der Waals surface area contributed by atoms with Crippen LogP contribution in [0.1, 0.15) is 31.7 Å². The first-order valence-electron chi connectivity index (χ1n) is 6.19. The zero-order valence-corrected chi connectivity index (χ0v) is 10.4. The molecular weight excluding hydrogens is 214 g/mol. The Morgan fingerprint density at radius 1 is 1.53 bits per heavy atom.